The molecule has 0 heterocycles. The summed E-state index contributed by atoms with van der Waals surface area (Å²) in [6.45, 7) is 2.37. The molecule has 0 saturated heterocycles. The third kappa shape index (κ3) is 4.59. The Morgan fingerprint density at radius 3 is 2.55 bits per heavy atom. The fourth-order valence-electron chi connectivity index (χ4n) is 1.68. The highest BCUT2D eigenvalue weighted by Gasteiger charge is 2.02. The molecule has 0 atom stereocenters. The van der Waals surface area contributed by atoms with Crippen LogP contribution in [0.4, 0.5) is 0 Å². The summed E-state index contributed by atoms with van der Waals surface area (Å²) in [5, 5.41) is 4.21. The zero-order valence-electron chi connectivity index (χ0n) is 11.3. The minimum Gasteiger partial charge on any atom is -0.457 e. The molecule has 0 amide bonds. The van der Waals surface area contributed by atoms with Crippen LogP contribution in [0.1, 0.15) is 12.5 Å². The maximum atomic E-state index is 5.99. The Bertz CT molecular complexity index is 570. The van der Waals surface area contributed by atoms with Gasteiger partial charge in [0.05, 0.1) is 0 Å². The van der Waals surface area contributed by atoms with Crippen LogP contribution >= 0.6 is 11.6 Å². The van der Waals surface area contributed by atoms with Crippen molar-refractivity contribution >= 4 is 16.8 Å². The number of oxime groups is 1. The van der Waals surface area contributed by atoms with Crippen LogP contribution in [-0.2, 0) is 11.3 Å². The van der Waals surface area contributed by atoms with Crippen molar-refractivity contribution in [2.45, 2.75) is 13.3 Å². The van der Waals surface area contributed by atoms with Crippen LogP contribution in [0.3, 0.4) is 0 Å². The molecule has 0 unspecified atom stereocenters. The van der Waals surface area contributed by atoms with Crippen molar-refractivity contribution in [2.75, 3.05) is 6.61 Å². The van der Waals surface area contributed by atoms with E-state index in [-0.39, 0.29) is 0 Å². The van der Waals surface area contributed by atoms with Gasteiger partial charge < -0.3 is 9.57 Å². The Hall–Kier alpha value is -2.00. The van der Waals surface area contributed by atoms with Gasteiger partial charge in [-0.1, -0.05) is 47.1 Å². The van der Waals surface area contributed by atoms with Gasteiger partial charge in [-0.15, -0.1) is 0 Å². The average molecular weight is 290 g/mol. The van der Waals surface area contributed by atoms with Gasteiger partial charge in [0.25, 0.3) is 0 Å². The largest absolute Gasteiger partial charge is 0.457 e. The molecule has 0 radical (unpaired) electrons. The number of nitrogens with zero attached hydrogens (tertiary/aromatic N) is 1. The molecule has 4 heteroatoms. The maximum Gasteiger partial charge on any atom is 0.149 e. The lowest BCUT2D eigenvalue weighted by Crippen LogP contribution is -1.96. The minimum atomic E-state index is 0.420. The van der Waals surface area contributed by atoms with Gasteiger partial charge in [-0.05, 0) is 36.8 Å². The summed E-state index contributed by atoms with van der Waals surface area (Å²) in [4.78, 5) is 4.92. The molecule has 0 saturated carbocycles. The molecule has 2 aromatic rings. The molecule has 0 bridgehead atoms. The highest BCUT2D eigenvalue weighted by atomic mass is 35.5. The normalized spacial score (nSPS) is 11.2. The van der Waals surface area contributed by atoms with Crippen molar-refractivity contribution in [1.29, 1.82) is 0 Å². The Labute approximate surface area is 123 Å². The van der Waals surface area contributed by atoms with Gasteiger partial charge in [-0.2, -0.15) is 0 Å². The lowest BCUT2D eigenvalue weighted by Gasteiger charge is -2.07. The predicted molar refractivity (Wildman–Crippen MR) is 81.6 cm³/mol. The van der Waals surface area contributed by atoms with E-state index in [1.165, 1.54) is 0 Å². The topological polar surface area (TPSA) is 30.8 Å². The van der Waals surface area contributed by atoms with E-state index in [9.17, 15) is 0 Å². The second-order valence-electron chi connectivity index (χ2n) is 4.12. The van der Waals surface area contributed by atoms with Crippen LogP contribution in [0.15, 0.2) is 59.8 Å². The molecule has 0 spiro atoms. The second kappa shape index (κ2) is 7.56. The van der Waals surface area contributed by atoms with E-state index in [1.807, 2.05) is 61.5 Å². The molecular weight excluding hydrogens is 274 g/mol. The molecule has 0 aliphatic rings. The van der Waals surface area contributed by atoms with Gasteiger partial charge >= 0.3 is 0 Å². The van der Waals surface area contributed by atoms with Crippen LogP contribution < -0.4 is 4.74 Å². The Morgan fingerprint density at radius 2 is 1.80 bits per heavy atom. The monoisotopic (exact) mass is 289 g/mol. The van der Waals surface area contributed by atoms with Crippen LogP contribution in [0.25, 0.3) is 0 Å². The fraction of sp³-hybridized carbons (Fsp3) is 0.188. The maximum absolute atomic E-state index is 5.99. The lowest BCUT2D eigenvalue weighted by atomic mass is 10.1. The summed E-state index contributed by atoms with van der Waals surface area (Å²) in [6, 6.07) is 17.4. The summed E-state index contributed by atoms with van der Waals surface area (Å²) in [7, 11) is 0. The first-order valence-corrected chi connectivity index (χ1v) is 6.82. The van der Waals surface area contributed by atoms with Crippen LogP contribution in [0, 0.1) is 0 Å². The third-order valence-electron chi connectivity index (χ3n) is 2.52. The number of hydrogen-bond acceptors (Lipinski definition) is 3. The Kier molecular flexibility index (Phi) is 5.44. The lowest BCUT2D eigenvalue weighted by molar-refractivity contribution is 0.159. The van der Waals surface area contributed by atoms with Crippen LogP contribution in [0.2, 0.25) is 0 Å². The number of ether oxygens (including phenoxy) is 1. The molecule has 0 aromatic heterocycles. The molecule has 2 rings (SSSR count). The standard InChI is InChI=1S/C16H16ClNO2/c1-2-19-18-16(17)12-13-7-6-10-15(11-13)20-14-8-4-3-5-9-14/h3-11H,2,12H2,1H3. The highest BCUT2D eigenvalue weighted by Crippen LogP contribution is 2.22. The van der Waals surface area contributed by atoms with Gasteiger partial charge in [-0.3, -0.25) is 0 Å². The van der Waals surface area contributed by atoms with Gasteiger partial charge in [0.1, 0.15) is 23.3 Å². The first-order chi connectivity index (χ1) is 9.78. The minimum absolute atomic E-state index is 0.420. The van der Waals surface area contributed by atoms with Crippen LogP contribution in [-0.4, -0.2) is 11.8 Å². The molecular formula is C16H16ClNO2. The van der Waals surface area contributed by atoms with Gasteiger partial charge in [0.15, 0.2) is 0 Å². The predicted octanol–water partition coefficient (Wildman–Crippen LogP) is 4.61. The van der Waals surface area contributed by atoms with E-state index < -0.39 is 0 Å². The number of halogens is 1. The zero-order valence-corrected chi connectivity index (χ0v) is 12.0. The van der Waals surface area contributed by atoms with Crippen molar-refractivity contribution in [3.05, 3.63) is 60.2 Å². The van der Waals surface area contributed by atoms with Crippen molar-refractivity contribution in [2.24, 2.45) is 5.16 Å². The SMILES string of the molecule is CCON=C(Cl)Cc1cccc(Oc2ccccc2)c1. The van der Waals surface area contributed by atoms with E-state index in [0.717, 1.165) is 17.1 Å². The summed E-state index contributed by atoms with van der Waals surface area (Å²) in [6.07, 6.45) is 0.521. The zero-order chi connectivity index (χ0) is 14.2. The molecule has 104 valence electrons. The summed E-state index contributed by atoms with van der Waals surface area (Å²) >= 11 is 5.99. The number of rotatable bonds is 6. The third-order valence-corrected chi connectivity index (χ3v) is 2.72. The van der Waals surface area contributed by atoms with E-state index in [0.29, 0.717) is 18.2 Å². The Morgan fingerprint density at radius 1 is 1.05 bits per heavy atom. The molecule has 3 nitrogen and oxygen atoms in total. The fourth-order valence-corrected chi connectivity index (χ4v) is 1.88. The summed E-state index contributed by atoms with van der Waals surface area (Å²) < 4.78 is 5.77. The second-order valence-corrected chi connectivity index (χ2v) is 4.56. The summed E-state index contributed by atoms with van der Waals surface area (Å²) in [5.74, 6) is 1.58. The van der Waals surface area contributed by atoms with Crippen molar-refractivity contribution in [3.63, 3.8) is 0 Å². The molecule has 0 aliphatic carbocycles. The first kappa shape index (κ1) is 14.4. The number of benzene rings is 2. The summed E-state index contributed by atoms with van der Waals surface area (Å²) in [5.41, 5.74) is 1.02. The smallest absolute Gasteiger partial charge is 0.149 e. The molecule has 0 N–H and O–H groups in total. The molecule has 0 aliphatic heterocycles. The van der Waals surface area contributed by atoms with Gasteiger partial charge in [-0.25, -0.2) is 0 Å². The first-order valence-electron chi connectivity index (χ1n) is 6.44. The van der Waals surface area contributed by atoms with E-state index >= 15 is 0 Å². The Balaban J connectivity index is 2.04. The van der Waals surface area contributed by atoms with Gasteiger partial charge in [0, 0.05) is 6.42 Å². The molecule has 2 aromatic carbocycles. The van der Waals surface area contributed by atoms with Crippen LogP contribution in [0.5, 0.6) is 11.5 Å². The van der Waals surface area contributed by atoms with Crippen molar-refractivity contribution in [1.82, 2.24) is 0 Å². The van der Waals surface area contributed by atoms with E-state index in [4.69, 9.17) is 21.2 Å². The number of para-hydroxylation sites is 1. The molecule has 0 fully saturated rings. The van der Waals surface area contributed by atoms with Crippen molar-refractivity contribution in [3.8, 4) is 11.5 Å². The average Bonchev–Trinajstić information content (AvgIpc) is 2.46. The van der Waals surface area contributed by atoms with E-state index in [1.54, 1.807) is 0 Å². The highest BCUT2D eigenvalue weighted by molar-refractivity contribution is 6.65. The van der Waals surface area contributed by atoms with E-state index in [2.05, 4.69) is 5.16 Å². The van der Waals surface area contributed by atoms with Crippen molar-refractivity contribution < 1.29 is 9.57 Å². The number of hydrogen-bond donors (Lipinski definition) is 0. The molecule has 20 heavy (non-hydrogen) atoms. The quantitative estimate of drug-likeness (QED) is 0.574. The van der Waals surface area contributed by atoms with Gasteiger partial charge in [0.2, 0.25) is 0 Å².